The van der Waals surface area contributed by atoms with Crippen LogP contribution in [0.5, 0.6) is 0 Å². The lowest BCUT2D eigenvalue weighted by molar-refractivity contribution is -0.0827. The first-order valence-corrected chi connectivity index (χ1v) is 7.15. The third kappa shape index (κ3) is 2.87. The molecule has 1 N–H and O–H groups in total. The lowest BCUT2D eigenvalue weighted by atomic mass is 9.77. The van der Waals surface area contributed by atoms with Crippen molar-refractivity contribution in [1.29, 1.82) is 0 Å². The molecule has 2 nitrogen and oxygen atoms in total. The molecule has 1 aliphatic heterocycles. The molecule has 0 bridgehead atoms. The van der Waals surface area contributed by atoms with Crippen LogP contribution >= 0.6 is 11.6 Å². The van der Waals surface area contributed by atoms with E-state index in [1.165, 1.54) is 18.4 Å². The first-order valence-electron chi connectivity index (χ1n) is 6.77. The highest BCUT2D eigenvalue weighted by Crippen LogP contribution is 2.38. The monoisotopic (exact) mass is 267 g/mol. The van der Waals surface area contributed by atoms with E-state index in [0.29, 0.717) is 5.92 Å². The number of piperidine rings is 1. The molecule has 1 atom stereocenters. The van der Waals surface area contributed by atoms with Gasteiger partial charge in [-0.3, -0.25) is 0 Å². The van der Waals surface area contributed by atoms with Gasteiger partial charge in [0.25, 0.3) is 0 Å². The average molecular weight is 268 g/mol. The molecule has 1 aliphatic rings. The summed E-state index contributed by atoms with van der Waals surface area (Å²) >= 11 is 5.97. The molecule has 1 aromatic rings. The number of benzene rings is 1. The van der Waals surface area contributed by atoms with E-state index in [2.05, 4.69) is 31.3 Å². The Balaban J connectivity index is 2.26. The molecule has 1 heterocycles. The number of hydrogen-bond acceptors (Lipinski definition) is 2. The third-order valence-electron chi connectivity index (χ3n) is 3.98. The minimum absolute atomic E-state index is 0.193. The standard InChI is InChI=1S/C15H22ClNO/c1-3-18-15(2,13-8-10-17-11-9-13)12-4-6-14(16)7-5-12/h4-7,13,17H,3,8-11H2,1-2H3. The number of hydrogen-bond donors (Lipinski definition) is 1. The first-order chi connectivity index (χ1) is 8.66. The van der Waals surface area contributed by atoms with Gasteiger partial charge >= 0.3 is 0 Å². The van der Waals surface area contributed by atoms with Gasteiger partial charge in [-0.2, -0.15) is 0 Å². The Bertz CT molecular complexity index is 373. The Kier molecular flexibility index (Phi) is 4.66. The largest absolute Gasteiger partial charge is 0.371 e. The van der Waals surface area contributed by atoms with E-state index in [9.17, 15) is 0 Å². The van der Waals surface area contributed by atoms with Gasteiger partial charge in [-0.05, 0) is 63.4 Å². The third-order valence-corrected chi connectivity index (χ3v) is 4.23. The Morgan fingerprint density at radius 2 is 1.89 bits per heavy atom. The van der Waals surface area contributed by atoms with Gasteiger partial charge in [0, 0.05) is 11.6 Å². The minimum atomic E-state index is -0.193. The van der Waals surface area contributed by atoms with Crippen molar-refractivity contribution >= 4 is 11.6 Å². The zero-order valence-corrected chi connectivity index (χ0v) is 12.0. The van der Waals surface area contributed by atoms with Crippen molar-refractivity contribution in [1.82, 2.24) is 5.32 Å². The predicted molar refractivity (Wildman–Crippen MR) is 76.0 cm³/mol. The molecule has 18 heavy (non-hydrogen) atoms. The molecule has 1 aromatic carbocycles. The molecule has 2 rings (SSSR count). The van der Waals surface area contributed by atoms with Crippen molar-refractivity contribution in [2.24, 2.45) is 5.92 Å². The molecule has 100 valence electrons. The van der Waals surface area contributed by atoms with Crippen molar-refractivity contribution in [2.75, 3.05) is 19.7 Å². The van der Waals surface area contributed by atoms with Crippen molar-refractivity contribution in [2.45, 2.75) is 32.3 Å². The summed E-state index contributed by atoms with van der Waals surface area (Å²) in [6.45, 7) is 7.19. The highest BCUT2D eigenvalue weighted by atomic mass is 35.5. The zero-order valence-electron chi connectivity index (χ0n) is 11.2. The van der Waals surface area contributed by atoms with Crippen LogP contribution in [-0.2, 0) is 10.3 Å². The quantitative estimate of drug-likeness (QED) is 0.900. The maximum absolute atomic E-state index is 6.12. The summed E-state index contributed by atoms with van der Waals surface area (Å²) in [6, 6.07) is 8.10. The van der Waals surface area contributed by atoms with Crippen molar-refractivity contribution in [3.05, 3.63) is 34.9 Å². The number of rotatable bonds is 4. The summed E-state index contributed by atoms with van der Waals surface area (Å²) in [5, 5.41) is 4.19. The molecule has 0 aromatic heterocycles. The van der Waals surface area contributed by atoms with Crippen LogP contribution in [-0.4, -0.2) is 19.7 Å². The first kappa shape index (κ1) is 13.9. The van der Waals surface area contributed by atoms with E-state index in [0.717, 1.165) is 24.7 Å². The van der Waals surface area contributed by atoms with Gasteiger partial charge in [0.2, 0.25) is 0 Å². The molecule has 3 heteroatoms. The van der Waals surface area contributed by atoms with E-state index in [1.807, 2.05) is 12.1 Å². The smallest absolute Gasteiger partial charge is 0.0932 e. The Labute approximate surface area is 115 Å². The van der Waals surface area contributed by atoms with Crippen LogP contribution in [0.2, 0.25) is 5.02 Å². The molecule has 0 radical (unpaired) electrons. The summed E-state index contributed by atoms with van der Waals surface area (Å²) in [4.78, 5) is 0. The molecule has 0 spiro atoms. The molecule has 1 unspecified atom stereocenters. The summed E-state index contributed by atoms with van der Waals surface area (Å²) in [6.07, 6.45) is 2.33. The Morgan fingerprint density at radius 3 is 2.44 bits per heavy atom. The fourth-order valence-electron chi connectivity index (χ4n) is 2.89. The molecular formula is C15H22ClNO. The minimum Gasteiger partial charge on any atom is -0.371 e. The molecule has 0 saturated carbocycles. The molecule has 1 fully saturated rings. The van der Waals surface area contributed by atoms with Crippen LogP contribution in [0.1, 0.15) is 32.3 Å². The van der Waals surface area contributed by atoms with Crippen LogP contribution in [0.25, 0.3) is 0 Å². The van der Waals surface area contributed by atoms with E-state index < -0.39 is 0 Å². The highest BCUT2D eigenvalue weighted by molar-refractivity contribution is 6.30. The summed E-state index contributed by atoms with van der Waals surface area (Å²) < 4.78 is 6.12. The fraction of sp³-hybridized carbons (Fsp3) is 0.600. The normalized spacial score (nSPS) is 20.6. The SMILES string of the molecule is CCOC(C)(c1ccc(Cl)cc1)C1CCNCC1. The van der Waals surface area contributed by atoms with Gasteiger partial charge in [0.1, 0.15) is 0 Å². The number of halogens is 1. The summed E-state index contributed by atoms with van der Waals surface area (Å²) in [5.74, 6) is 0.569. The second-order valence-corrected chi connectivity index (χ2v) is 5.51. The van der Waals surface area contributed by atoms with Gasteiger partial charge in [-0.15, -0.1) is 0 Å². The maximum atomic E-state index is 6.12. The fourth-order valence-corrected chi connectivity index (χ4v) is 3.02. The molecule has 0 amide bonds. The summed E-state index contributed by atoms with van der Waals surface area (Å²) in [7, 11) is 0. The van der Waals surface area contributed by atoms with E-state index in [4.69, 9.17) is 16.3 Å². The molecule has 1 saturated heterocycles. The number of nitrogens with one attached hydrogen (secondary N) is 1. The highest BCUT2D eigenvalue weighted by Gasteiger charge is 2.37. The number of ether oxygens (including phenoxy) is 1. The van der Waals surface area contributed by atoms with Crippen molar-refractivity contribution < 1.29 is 4.74 Å². The maximum Gasteiger partial charge on any atom is 0.0932 e. The van der Waals surface area contributed by atoms with Crippen LogP contribution < -0.4 is 5.32 Å². The molecule has 0 aliphatic carbocycles. The van der Waals surface area contributed by atoms with E-state index in [-0.39, 0.29) is 5.60 Å². The van der Waals surface area contributed by atoms with Gasteiger partial charge in [0.15, 0.2) is 0 Å². The second-order valence-electron chi connectivity index (χ2n) is 5.07. The van der Waals surface area contributed by atoms with Crippen LogP contribution in [0.4, 0.5) is 0 Å². The van der Waals surface area contributed by atoms with Gasteiger partial charge in [-0.1, -0.05) is 23.7 Å². The van der Waals surface area contributed by atoms with E-state index in [1.54, 1.807) is 0 Å². The topological polar surface area (TPSA) is 21.3 Å². The predicted octanol–water partition coefficient (Wildman–Crippen LogP) is 3.59. The molecular weight excluding hydrogens is 246 g/mol. The lowest BCUT2D eigenvalue weighted by Crippen LogP contribution is -2.41. The Morgan fingerprint density at radius 1 is 1.28 bits per heavy atom. The Hall–Kier alpha value is -0.570. The second kappa shape index (κ2) is 6.05. The van der Waals surface area contributed by atoms with Gasteiger partial charge < -0.3 is 10.1 Å². The average Bonchev–Trinajstić information content (AvgIpc) is 2.40. The van der Waals surface area contributed by atoms with Crippen LogP contribution in [0.15, 0.2) is 24.3 Å². The zero-order chi connectivity index (χ0) is 13.0. The van der Waals surface area contributed by atoms with E-state index >= 15 is 0 Å². The summed E-state index contributed by atoms with van der Waals surface area (Å²) in [5.41, 5.74) is 1.04. The van der Waals surface area contributed by atoms with Crippen LogP contribution in [0, 0.1) is 5.92 Å². The van der Waals surface area contributed by atoms with Crippen molar-refractivity contribution in [3.63, 3.8) is 0 Å². The van der Waals surface area contributed by atoms with Gasteiger partial charge in [-0.25, -0.2) is 0 Å². The van der Waals surface area contributed by atoms with Crippen molar-refractivity contribution in [3.8, 4) is 0 Å². The van der Waals surface area contributed by atoms with Gasteiger partial charge in [0.05, 0.1) is 5.60 Å². The lowest BCUT2D eigenvalue weighted by Gasteiger charge is -2.40. The van der Waals surface area contributed by atoms with Crippen LogP contribution in [0.3, 0.4) is 0 Å².